The first kappa shape index (κ1) is 19.2. The van der Waals surface area contributed by atoms with Crippen molar-refractivity contribution in [3.05, 3.63) is 77.1 Å². The smallest absolute Gasteiger partial charge is 0.240 e. The second-order valence-corrected chi connectivity index (χ2v) is 8.33. The Morgan fingerprint density at radius 1 is 0.963 bits per heavy atom. The van der Waals surface area contributed by atoms with E-state index in [1.807, 2.05) is 51.1 Å². The molecule has 5 nitrogen and oxygen atoms in total. The minimum atomic E-state index is -3.55. The van der Waals surface area contributed by atoms with Crippen molar-refractivity contribution in [2.75, 3.05) is 7.11 Å². The van der Waals surface area contributed by atoms with Crippen LogP contribution < -0.4 is 9.46 Å². The number of methoxy groups -OCH3 is 1. The van der Waals surface area contributed by atoms with Crippen molar-refractivity contribution < 1.29 is 13.2 Å². The van der Waals surface area contributed by atoms with Gasteiger partial charge in [-0.05, 0) is 68.8 Å². The second kappa shape index (κ2) is 7.58. The number of hydrogen-bond donors (Lipinski definition) is 1. The third-order valence-electron chi connectivity index (χ3n) is 4.65. The first-order chi connectivity index (χ1) is 12.8. The molecule has 0 saturated carbocycles. The first-order valence-electron chi connectivity index (χ1n) is 8.70. The quantitative estimate of drug-likeness (QED) is 0.701. The summed E-state index contributed by atoms with van der Waals surface area (Å²) >= 11 is 0. The summed E-state index contributed by atoms with van der Waals surface area (Å²) < 4.78 is 35.1. The lowest BCUT2D eigenvalue weighted by Crippen LogP contribution is -2.23. The molecular weight excluding hydrogens is 360 g/mol. The highest BCUT2D eigenvalue weighted by Gasteiger charge is 2.16. The molecule has 0 aliphatic rings. The van der Waals surface area contributed by atoms with Crippen LogP contribution >= 0.6 is 0 Å². The van der Waals surface area contributed by atoms with Gasteiger partial charge >= 0.3 is 0 Å². The SMILES string of the molecule is COc1ccc(-n2c(C)cc(CNS(=O)(=O)c3ccc(C)cc3)c2C)cc1. The van der Waals surface area contributed by atoms with Crippen LogP contribution in [0.1, 0.15) is 22.5 Å². The predicted molar refractivity (Wildman–Crippen MR) is 107 cm³/mol. The Labute approximate surface area is 160 Å². The van der Waals surface area contributed by atoms with Crippen LogP contribution in [-0.4, -0.2) is 20.1 Å². The zero-order chi connectivity index (χ0) is 19.6. The van der Waals surface area contributed by atoms with E-state index in [-0.39, 0.29) is 11.4 Å². The predicted octanol–water partition coefficient (Wildman–Crippen LogP) is 3.89. The van der Waals surface area contributed by atoms with E-state index in [0.29, 0.717) is 0 Å². The van der Waals surface area contributed by atoms with Gasteiger partial charge in [0.1, 0.15) is 5.75 Å². The summed E-state index contributed by atoms with van der Waals surface area (Å²) in [6, 6.07) is 16.6. The fourth-order valence-electron chi connectivity index (χ4n) is 3.11. The van der Waals surface area contributed by atoms with E-state index in [4.69, 9.17) is 4.74 Å². The molecule has 0 unspecified atom stereocenters. The third kappa shape index (κ3) is 4.07. The number of benzene rings is 2. The fraction of sp³-hybridized carbons (Fsp3) is 0.238. The standard InChI is InChI=1S/C21H24N2O3S/c1-15-5-11-21(12-6-15)27(24,25)22-14-18-13-16(2)23(17(18)3)19-7-9-20(26-4)10-8-19/h5-13,22H,14H2,1-4H3. The molecule has 0 amide bonds. The van der Waals surface area contributed by atoms with Crippen LogP contribution in [0, 0.1) is 20.8 Å². The topological polar surface area (TPSA) is 60.3 Å². The van der Waals surface area contributed by atoms with E-state index < -0.39 is 10.0 Å². The van der Waals surface area contributed by atoms with E-state index in [1.165, 1.54) is 0 Å². The number of aromatic nitrogens is 1. The zero-order valence-electron chi connectivity index (χ0n) is 16.0. The molecule has 142 valence electrons. The molecule has 0 aliphatic carbocycles. The number of nitrogens with one attached hydrogen (secondary N) is 1. The summed E-state index contributed by atoms with van der Waals surface area (Å²) in [4.78, 5) is 0.275. The lowest BCUT2D eigenvalue weighted by Gasteiger charge is -2.11. The van der Waals surface area contributed by atoms with Gasteiger partial charge in [0.2, 0.25) is 10.0 Å². The van der Waals surface area contributed by atoms with Gasteiger partial charge in [-0.3, -0.25) is 0 Å². The normalized spacial score (nSPS) is 11.6. The Morgan fingerprint density at radius 2 is 1.59 bits per heavy atom. The Kier molecular flexibility index (Phi) is 5.39. The van der Waals surface area contributed by atoms with Crippen LogP contribution in [0.4, 0.5) is 0 Å². The summed E-state index contributed by atoms with van der Waals surface area (Å²) in [5, 5.41) is 0. The van der Waals surface area contributed by atoms with Crippen molar-refractivity contribution >= 4 is 10.0 Å². The van der Waals surface area contributed by atoms with Crippen LogP contribution in [0.3, 0.4) is 0 Å². The molecule has 1 aromatic heterocycles. The van der Waals surface area contributed by atoms with E-state index >= 15 is 0 Å². The van der Waals surface area contributed by atoms with Gasteiger partial charge in [-0.2, -0.15) is 0 Å². The van der Waals surface area contributed by atoms with Gasteiger partial charge in [0, 0.05) is 23.6 Å². The van der Waals surface area contributed by atoms with E-state index in [0.717, 1.165) is 34.0 Å². The van der Waals surface area contributed by atoms with Crippen molar-refractivity contribution in [2.24, 2.45) is 0 Å². The van der Waals surface area contributed by atoms with Gasteiger partial charge in [-0.1, -0.05) is 17.7 Å². The molecule has 0 radical (unpaired) electrons. The molecule has 0 fully saturated rings. The lowest BCUT2D eigenvalue weighted by molar-refractivity contribution is 0.414. The number of nitrogens with zero attached hydrogens (tertiary/aromatic N) is 1. The van der Waals surface area contributed by atoms with Crippen molar-refractivity contribution in [1.82, 2.24) is 9.29 Å². The van der Waals surface area contributed by atoms with Crippen molar-refractivity contribution in [2.45, 2.75) is 32.2 Å². The Bertz CT molecular complexity index is 1030. The van der Waals surface area contributed by atoms with Gasteiger partial charge in [0.15, 0.2) is 0 Å². The molecular formula is C21H24N2O3S. The van der Waals surface area contributed by atoms with Gasteiger partial charge in [-0.25, -0.2) is 13.1 Å². The molecule has 1 N–H and O–H groups in total. The average Bonchev–Trinajstić information content (AvgIpc) is 2.94. The van der Waals surface area contributed by atoms with Crippen molar-refractivity contribution in [1.29, 1.82) is 0 Å². The molecule has 1 heterocycles. The fourth-order valence-corrected chi connectivity index (χ4v) is 4.12. The number of hydrogen-bond acceptors (Lipinski definition) is 3. The van der Waals surface area contributed by atoms with Crippen LogP contribution in [0.5, 0.6) is 5.75 Å². The van der Waals surface area contributed by atoms with E-state index in [1.54, 1.807) is 31.4 Å². The third-order valence-corrected chi connectivity index (χ3v) is 6.07. The lowest BCUT2D eigenvalue weighted by atomic mass is 10.2. The number of ether oxygens (including phenoxy) is 1. The highest BCUT2D eigenvalue weighted by Crippen LogP contribution is 2.23. The highest BCUT2D eigenvalue weighted by molar-refractivity contribution is 7.89. The van der Waals surface area contributed by atoms with E-state index in [9.17, 15) is 8.42 Å². The molecule has 3 aromatic rings. The Morgan fingerprint density at radius 3 is 2.19 bits per heavy atom. The Balaban J connectivity index is 1.83. The maximum absolute atomic E-state index is 12.5. The summed E-state index contributed by atoms with van der Waals surface area (Å²) in [5.41, 5.74) is 5.03. The van der Waals surface area contributed by atoms with Gasteiger partial charge in [-0.15, -0.1) is 0 Å². The molecule has 0 spiro atoms. The molecule has 3 rings (SSSR count). The summed E-state index contributed by atoms with van der Waals surface area (Å²) in [5.74, 6) is 0.798. The molecule has 0 saturated heterocycles. The van der Waals surface area contributed by atoms with E-state index in [2.05, 4.69) is 9.29 Å². The van der Waals surface area contributed by atoms with Crippen LogP contribution in [0.25, 0.3) is 5.69 Å². The van der Waals surface area contributed by atoms with Crippen molar-refractivity contribution in [3.8, 4) is 11.4 Å². The monoisotopic (exact) mass is 384 g/mol. The number of sulfonamides is 1. The molecule has 0 bridgehead atoms. The second-order valence-electron chi connectivity index (χ2n) is 6.57. The van der Waals surface area contributed by atoms with Gasteiger partial charge < -0.3 is 9.30 Å². The van der Waals surface area contributed by atoms with Gasteiger partial charge in [0.05, 0.1) is 12.0 Å². The molecule has 6 heteroatoms. The summed E-state index contributed by atoms with van der Waals surface area (Å²) in [6.45, 7) is 6.17. The maximum atomic E-state index is 12.5. The van der Waals surface area contributed by atoms with Crippen LogP contribution in [0.2, 0.25) is 0 Å². The van der Waals surface area contributed by atoms with Crippen LogP contribution in [-0.2, 0) is 16.6 Å². The molecule has 0 aliphatic heterocycles. The van der Waals surface area contributed by atoms with Crippen molar-refractivity contribution in [3.63, 3.8) is 0 Å². The average molecular weight is 385 g/mol. The summed E-state index contributed by atoms with van der Waals surface area (Å²) in [6.07, 6.45) is 0. The zero-order valence-corrected chi connectivity index (χ0v) is 16.8. The highest BCUT2D eigenvalue weighted by atomic mass is 32.2. The van der Waals surface area contributed by atoms with Crippen LogP contribution in [0.15, 0.2) is 59.5 Å². The summed E-state index contributed by atoms with van der Waals surface area (Å²) in [7, 11) is -1.91. The Hall–Kier alpha value is -2.57. The minimum Gasteiger partial charge on any atom is -0.497 e. The minimum absolute atomic E-state index is 0.242. The number of aryl methyl sites for hydroxylation is 2. The molecule has 27 heavy (non-hydrogen) atoms. The largest absolute Gasteiger partial charge is 0.497 e. The maximum Gasteiger partial charge on any atom is 0.240 e. The van der Waals surface area contributed by atoms with Gasteiger partial charge in [0.25, 0.3) is 0 Å². The first-order valence-corrected chi connectivity index (χ1v) is 10.2. The number of rotatable bonds is 6. The molecule has 2 aromatic carbocycles. The molecule has 0 atom stereocenters.